The van der Waals surface area contributed by atoms with E-state index in [9.17, 15) is 0 Å². The number of hydrogen-bond donors (Lipinski definition) is 0. The summed E-state index contributed by atoms with van der Waals surface area (Å²) < 4.78 is 1.03. The van der Waals surface area contributed by atoms with Gasteiger partial charge in [0.2, 0.25) is 0 Å². The predicted octanol–water partition coefficient (Wildman–Crippen LogP) is 3.98. The Kier molecular flexibility index (Phi) is 3.07. The molecular formula is C15H11BrN2. The van der Waals surface area contributed by atoms with Crippen LogP contribution in [0.3, 0.4) is 0 Å². The van der Waals surface area contributed by atoms with E-state index in [4.69, 9.17) is 0 Å². The molecule has 2 aromatic heterocycles. The molecule has 88 valence electrons. The van der Waals surface area contributed by atoms with Gasteiger partial charge in [0, 0.05) is 34.4 Å². The summed E-state index contributed by atoms with van der Waals surface area (Å²) in [7, 11) is 0. The average molecular weight is 299 g/mol. The Morgan fingerprint density at radius 2 is 1.83 bits per heavy atom. The first-order chi connectivity index (χ1) is 8.83. The van der Waals surface area contributed by atoms with E-state index in [0.717, 1.165) is 27.5 Å². The van der Waals surface area contributed by atoms with Gasteiger partial charge in [0.15, 0.2) is 0 Å². The van der Waals surface area contributed by atoms with E-state index < -0.39 is 0 Å². The monoisotopic (exact) mass is 298 g/mol. The normalized spacial score (nSPS) is 10.7. The van der Waals surface area contributed by atoms with Crippen LogP contribution in [-0.2, 0) is 6.42 Å². The molecule has 0 aliphatic heterocycles. The summed E-state index contributed by atoms with van der Waals surface area (Å²) in [6.45, 7) is 0. The standard InChI is InChI=1S/C15H11BrN2/c16-14-10-11(9-13-5-1-2-6-17-13)8-12-4-3-7-18-15(12)14/h1-8,10H,9H2. The van der Waals surface area contributed by atoms with Crippen LogP contribution in [0, 0.1) is 0 Å². The molecule has 0 fully saturated rings. The third-order valence-corrected chi connectivity index (χ3v) is 3.43. The maximum absolute atomic E-state index is 4.37. The molecule has 18 heavy (non-hydrogen) atoms. The summed E-state index contributed by atoms with van der Waals surface area (Å²) in [5.74, 6) is 0. The molecule has 2 nitrogen and oxygen atoms in total. The van der Waals surface area contributed by atoms with Crippen LogP contribution in [0.2, 0.25) is 0 Å². The number of pyridine rings is 2. The van der Waals surface area contributed by atoms with Crippen LogP contribution in [0.5, 0.6) is 0 Å². The van der Waals surface area contributed by atoms with Gasteiger partial charge in [0.1, 0.15) is 0 Å². The minimum Gasteiger partial charge on any atom is -0.261 e. The maximum atomic E-state index is 4.37. The first-order valence-corrected chi connectivity index (χ1v) is 6.55. The summed E-state index contributed by atoms with van der Waals surface area (Å²) in [5, 5.41) is 1.15. The zero-order valence-corrected chi connectivity index (χ0v) is 11.3. The van der Waals surface area contributed by atoms with E-state index in [2.05, 4.69) is 44.1 Å². The second-order valence-electron chi connectivity index (χ2n) is 4.15. The molecule has 0 radical (unpaired) electrons. The van der Waals surface area contributed by atoms with Crippen molar-refractivity contribution in [3.63, 3.8) is 0 Å². The molecule has 0 saturated heterocycles. The summed E-state index contributed by atoms with van der Waals surface area (Å²) in [4.78, 5) is 8.72. The Morgan fingerprint density at radius 1 is 0.944 bits per heavy atom. The molecule has 1 aromatic carbocycles. The first kappa shape index (κ1) is 11.4. The highest BCUT2D eigenvalue weighted by atomic mass is 79.9. The Bertz CT molecular complexity index is 680. The van der Waals surface area contributed by atoms with Crippen molar-refractivity contribution in [1.82, 2.24) is 9.97 Å². The van der Waals surface area contributed by atoms with Crippen molar-refractivity contribution in [2.75, 3.05) is 0 Å². The fourth-order valence-corrected chi connectivity index (χ4v) is 2.65. The highest BCUT2D eigenvalue weighted by Gasteiger charge is 2.04. The van der Waals surface area contributed by atoms with Crippen LogP contribution >= 0.6 is 15.9 Å². The molecule has 0 atom stereocenters. The molecule has 0 aliphatic rings. The van der Waals surface area contributed by atoms with Gasteiger partial charge in [0.25, 0.3) is 0 Å². The number of rotatable bonds is 2. The highest BCUT2D eigenvalue weighted by molar-refractivity contribution is 9.10. The Balaban J connectivity index is 2.03. The summed E-state index contributed by atoms with van der Waals surface area (Å²) in [5.41, 5.74) is 3.32. The van der Waals surface area contributed by atoms with Crippen molar-refractivity contribution < 1.29 is 0 Å². The molecule has 2 heterocycles. The van der Waals surface area contributed by atoms with E-state index >= 15 is 0 Å². The smallest absolute Gasteiger partial charge is 0.0844 e. The highest BCUT2D eigenvalue weighted by Crippen LogP contribution is 2.24. The van der Waals surface area contributed by atoms with Crippen LogP contribution < -0.4 is 0 Å². The minimum atomic E-state index is 0.838. The molecule has 3 rings (SSSR count). The maximum Gasteiger partial charge on any atom is 0.0844 e. The van der Waals surface area contributed by atoms with Gasteiger partial charge in [-0.1, -0.05) is 12.1 Å². The third-order valence-electron chi connectivity index (χ3n) is 2.83. The lowest BCUT2D eigenvalue weighted by molar-refractivity contribution is 1.07. The fourth-order valence-electron chi connectivity index (χ4n) is 2.02. The predicted molar refractivity (Wildman–Crippen MR) is 76.5 cm³/mol. The van der Waals surface area contributed by atoms with Crippen LogP contribution in [0.15, 0.2) is 59.3 Å². The summed E-state index contributed by atoms with van der Waals surface area (Å²) >= 11 is 3.58. The molecule has 0 N–H and O–H groups in total. The third kappa shape index (κ3) is 2.27. The molecular weight excluding hydrogens is 288 g/mol. The van der Waals surface area contributed by atoms with Crippen LogP contribution in [0.1, 0.15) is 11.3 Å². The van der Waals surface area contributed by atoms with Gasteiger partial charge < -0.3 is 0 Å². The quantitative estimate of drug-likeness (QED) is 0.715. The fraction of sp³-hybridized carbons (Fsp3) is 0.0667. The lowest BCUT2D eigenvalue weighted by Crippen LogP contribution is -1.92. The number of nitrogens with zero attached hydrogens (tertiary/aromatic N) is 2. The van der Waals surface area contributed by atoms with E-state index in [1.165, 1.54) is 5.56 Å². The van der Waals surface area contributed by atoms with Gasteiger partial charge in [-0.3, -0.25) is 9.97 Å². The Labute approximate surface area is 114 Å². The minimum absolute atomic E-state index is 0.838. The zero-order valence-electron chi connectivity index (χ0n) is 9.68. The average Bonchev–Trinajstić information content (AvgIpc) is 2.40. The van der Waals surface area contributed by atoms with E-state index in [1.807, 2.05) is 36.7 Å². The molecule has 0 amide bonds. The van der Waals surface area contributed by atoms with E-state index in [0.29, 0.717) is 0 Å². The molecule has 3 aromatic rings. The van der Waals surface area contributed by atoms with Gasteiger partial charge >= 0.3 is 0 Å². The van der Waals surface area contributed by atoms with Gasteiger partial charge in [-0.2, -0.15) is 0 Å². The molecule has 0 spiro atoms. The van der Waals surface area contributed by atoms with Crippen LogP contribution in [-0.4, -0.2) is 9.97 Å². The topological polar surface area (TPSA) is 25.8 Å². The molecule has 0 aliphatic carbocycles. The van der Waals surface area contributed by atoms with Crippen molar-refractivity contribution in [1.29, 1.82) is 0 Å². The molecule has 0 unspecified atom stereocenters. The van der Waals surface area contributed by atoms with E-state index in [-0.39, 0.29) is 0 Å². The van der Waals surface area contributed by atoms with Crippen molar-refractivity contribution in [2.24, 2.45) is 0 Å². The zero-order chi connectivity index (χ0) is 12.4. The van der Waals surface area contributed by atoms with E-state index in [1.54, 1.807) is 0 Å². The van der Waals surface area contributed by atoms with Crippen LogP contribution in [0.25, 0.3) is 10.9 Å². The first-order valence-electron chi connectivity index (χ1n) is 5.76. The second-order valence-corrected chi connectivity index (χ2v) is 5.00. The van der Waals surface area contributed by atoms with Crippen molar-refractivity contribution in [3.8, 4) is 0 Å². The molecule has 3 heteroatoms. The van der Waals surface area contributed by atoms with Gasteiger partial charge in [-0.05, 0) is 51.8 Å². The molecule has 0 bridgehead atoms. The van der Waals surface area contributed by atoms with Gasteiger partial charge in [0.05, 0.1) is 5.52 Å². The SMILES string of the molecule is Brc1cc(Cc2ccccn2)cc2cccnc12. The number of hydrogen-bond acceptors (Lipinski definition) is 2. The number of benzene rings is 1. The summed E-state index contributed by atoms with van der Waals surface area (Å²) in [6, 6.07) is 14.3. The number of halogens is 1. The second kappa shape index (κ2) is 4.86. The van der Waals surface area contributed by atoms with Gasteiger partial charge in [-0.25, -0.2) is 0 Å². The Hall–Kier alpha value is -1.74. The van der Waals surface area contributed by atoms with Crippen molar-refractivity contribution >= 4 is 26.8 Å². The lowest BCUT2D eigenvalue weighted by Gasteiger charge is -2.05. The summed E-state index contributed by atoms with van der Waals surface area (Å²) in [6.07, 6.45) is 4.47. The van der Waals surface area contributed by atoms with Crippen LogP contribution in [0.4, 0.5) is 0 Å². The van der Waals surface area contributed by atoms with Crippen molar-refractivity contribution in [3.05, 3.63) is 70.6 Å². The largest absolute Gasteiger partial charge is 0.261 e. The number of aromatic nitrogens is 2. The number of fused-ring (bicyclic) bond motifs is 1. The molecule has 0 saturated carbocycles. The lowest BCUT2D eigenvalue weighted by atomic mass is 10.1. The van der Waals surface area contributed by atoms with Gasteiger partial charge in [-0.15, -0.1) is 0 Å². The Morgan fingerprint density at radius 3 is 2.67 bits per heavy atom. The van der Waals surface area contributed by atoms with Crippen molar-refractivity contribution in [2.45, 2.75) is 6.42 Å².